The zero-order chi connectivity index (χ0) is 20.5. The molecule has 0 saturated heterocycles. The molecule has 3 rings (SSSR count). The summed E-state index contributed by atoms with van der Waals surface area (Å²) < 4.78 is 18.4. The van der Waals surface area contributed by atoms with Crippen molar-refractivity contribution in [2.75, 3.05) is 44.4 Å². The Morgan fingerprint density at radius 2 is 1.93 bits per heavy atom. The maximum absolute atomic E-state index is 12.5. The molecule has 1 aromatic rings. The number of fused-ring (bicyclic) bond motifs is 2. The average Bonchev–Trinajstić information content (AvgIpc) is 2.91. The van der Waals surface area contributed by atoms with Gasteiger partial charge in [-0.1, -0.05) is 0 Å². The maximum Gasteiger partial charge on any atom is 0.328 e. The first-order valence-electron chi connectivity index (χ1n) is 9.37. The molecule has 154 valence electrons. The van der Waals surface area contributed by atoms with Crippen LogP contribution in [-0.4, -0.2) is 61.6 Å². The van der Waals surface area contributed by atoms with Gasteiger partial charge < -0.3 is 25.2 Å². The lowest BCUT2D eigenvalue weighted by molar-refractivity contribution is -0.134. The summed E-state index contributed by atoms with van der Waals surface area (Å²) in [4.78, 5) is 21.4. The second-order valence-electron chi connectivity index (χ2n) is 6.62. The van der Waals surface area contributed by atoms with Gasteiger partial charge in [0, 0.05) is 18.7 Å². The van der Waals surface area contributed by atoms with Crippen molar-refractivity contribution < 1.29 is 28.9 Å². The highest BCUT2D eigenvalue weighted by Gasteiger charge is 2.24. The Morgan fingerprint density at radius 1 is 1.25 bits per heavy atom. The van der Waals surface area contributed by atoms with E-state index in [0.717, 1.165) is 44.8 Å². The Bertz CT molecular complexity index is 720. The number of rotatable bonds is 5. The van der Waals surface area contributed by atoms with E-state index >= 15 is 0 Å². The van der Waals surface area contributed by atoms with Gasteiger partial charge >= 0.3 is 11.9 Å². The highest BCUT2D eigenvalue weighted by molar-refractivity contribution is 5.89. The minimum Gasteiger partial charge on any atom is -0.490 e. The molecule has 8 heteroatoms. The SMILES string of the molecule is Cc1c2c(cc3c1N(CCCF)CCO3)CCNCC2.O=C(O)/C=C/C(=O)O. The molecule has 0 saturated carbocycles. The minimum atomic E-state index is -1.26. The van der Waals surface area contributed by atoms with Gasteiger partial charge in [0.1, 0.15) is 12.4 Å². The van der Waals surface area contributed by atoms with E-state index in [1.807, 2.05) is 0 Å². The van der Waals surface area contributed by atoms with Crippen LogP contribution in [0.25, 0.3) is 0 Å². The highest BCUT2D eigenvalue weighted by Crippen LogP contribution is 2.39. The summed E-state index contributed by atoms with van der Waals surface area (Å²) in [6.07, 6.45) is 3.85. The molecule has 0 bridgehead atoms. The van der Waals surface area contributed by atoms with Gasteiger partial charge in [0.2, 0.25) is 0 Å². The van der Waals surface area contributed by atoms with Crippen LogP contribution in [0.3, 0.4) is 0 Å². The Kier molecular flexibility index (Phi) is 8.25. The molecule has 28 heavy (non-hydrogen) atoms. The monoisotopic (exact) mass is 394 g/mol. The minimum absolute atomic E-state index is 0.249. The van der Waals surface area contributed by atoms with Crippen molar-refractivity contribution in [3.05, 3.63) is 34.9 Å². The van der Waals surface area contributed by atoms with Crippen LogP contribution in [0.15, 0.2) is 18.2 Å². The zero-order valence-electron chi connectivity index (χ0n) is 16.0. The van der Waals surface area contributed by atoms with Crippen LogP contribution >= 0.6 is 0 Å². The topological polar surface area (TPSA) is 99.1 Å². The predicted octanol–water partition coefficient (Wildman–Crippen LogP) is 1.95. The average molecular weight is 394 g/mol. The van der Waals surface area contributed by atoms with Crippen LogP contribution in [0.4, 0.5) is 10.1 Å². The van der Waals surface area contributed by atoms with Gasteiger partial charge in [-0.05, 0) is 62.0 Å². The Balaban J connectivity index is 0.000000300. The third kappa shape index (κ3) is 5.95. The van der Waals surface area contributed by atoms with Gasteiger partial charge in [-0.15, -0.1) is 0 Å². The number of anilines is 1. The summed E-state index contributed by atoms with van der Waals surface area (Å²) in [6, 6.07) is 2.21. The van der Waals surface area contributed by atoms with E-state index in [4.69, 9.17) is 14.9 Å². The number of hydrogen-bond acceptors (Lipinski definition) is 5. The Morgan fingerprint density at radius 3 is 2.57 bits per heavy atom. The quantitative estimate of drug-likeness (QED) is 0.657. The first-order valence-corrected chi connectivity index (χ1v) is 9.37. The molecule has 0 spiro atoms. The third-order valence-electron chi connectivity index (χ3n) is 4.72. The number of nitrogens with one attached hydrogen (secondary N) is 1. The van der Waals surface area contributed by atoms with E-state index in [1.165, 1.54) is 22.4 Å². The first-order chi connectivity index (χ1) is 13.4. The van der Waals surface area contributed by atoms with Crippen molar-refractivity contribution >= 4 is 17.6 Å². The van der Waals surface area contributed by atoms with Gasteiger partial charge in [0.15, 0.2) is 0 Å². The van der Waals surface area contributed by atoms with Crippen molar-refractivity contribution in [2.45, 2.75) is 26.2 Å². The van der Waals surface area contributed by atoms with Crippen molar-refractivity contribution in [2.24, 2.45) is 0 Å². The number of carboxylic acid groups (broad SMARTS) is 2. The molecule has 3 N–H and O–H groups in total. The molecule has 7 nitrogen and oxygen atoms in total. The first kappa shape index (κ1) is 21.7. The number of ether oxygens (including phenoxy) is 1. The molecule has 0 radical (unpaired) electrons. The molecule has 2 aliphatic rings. The number of aliphatic carboxylic acids is 2. The van der Waals surface area contributed by atoms with Crippen LogP contribution in [0.1, 0.15) is 23.1 Å². The number of benzene rings is 1. The number of carboxylic acids is 2. The fourth-order valence-corrected chi connectivity index (χ4v) is 3.51. The largest absolute Gasteiger partial charge is 0.490 e. The van der Waals surface area contributed by atoms with Gasteiger partial charge in [0.05, 0.1) is 18.9 Å². The number of alkyl halides is 1. The van der Waals surface area contributed by atoms with Crippen LogP contribution in [0.5, 0.6) is 5.75 Å². The van der Waals surface area contributed by atoms with Crippen LogP contribution < -0.4 is 15.0 Å². The summed E-state index contributed by atoms with van der Waals surface area (Å²) in [5.74, 6) is -1.52. The zero-order valence-corrected chi connectivity index (χ0v) is 16.0. The lowest BCUT2D eigenvalue weighted by Crippen LogP contribution is -2.34. The number of halogens is 1. The number of carbonyl (C=O) groups is 2. The number of hydrogen-bond donors (Lipinski definition) is 3. The van der Waals surface area contributed by atoms with Gasteiger partial charge in [-0.3, -0.25) is 4.39 Å². The molecular weight excluding hydrogens is 367 g/mol. The van der Waals surface area contributed by atoms with Crippen LogP contribution in [0, 0.1) is 6.92 Å². The van der Waals surface area contributed by atoms with Gasteiger partial charge in [0.25, 0.3) is 0 Å². The van der Waals surface area contributed by atoms with Crippen molar-refractivity contribution in [1.82, 2.24) is 5.32 Å². The molecule has 0 aliphatic carbocycles. The maximum atomic E-state index is 12.5. The molecule has 2 heterocycles. The predicted molar refractivity (Wildman–Crippen MR) is 104 cm³/mol. The summed E-state index contributed by atoms with van der Waals surface area (Å²) in [6.45, 7) is 6.38. The second kappa shape index (κ2) is 10.7. The van der Waals surface area contributed by atoms with Gasteiger partial charge in [-0.2, -0.15) is 0 Å². The Hall–Kier alpha value is -2.61. The lowest BCUT2D eigenvalue weighted by Gasteiger charge is -2.34. The molecule has 0 aromatic heterocycles. The summed E-state index contributed by atoms with van der Waals surface area (Å²) in [5.41, 5.74) is 5.41. The molecule has 2 aliphatic heterocycles. The summed E-state index contributed by atoms with van der Waals surface area (Å²) in [5, 5.41) is 19.1. The van der Waals surface area contributed by atoms with Crippen molar-refractivity contribution in [3.63, 3.8) is 0 Å². The number of nitrogens with zero attached hydrogens (tertiary/aromatic N) is 1. The molecule has 0 unspecified atom stereocenters. The molecule has 0 atom stereocenters. The molecule has 1 aromatic carbocycles. The van der Waals surface area contributed by atoms with E-state index in [2.05, 4.69) is 23.2 Å². The van der Waals surface area contributed by atoms with E-state index in [-0.39, 0.29) is 6.67 Å². The molecule has 0 amide bonds. The van der Waals surface area contributed by atoms with Crippen molar-refractivity contribution in [1.29, 1.82) is 0 Å². The van der Waals surface area contributed by atoms with Crippen LogP contribution in [-0.2, 0) is 22.4 Å². The van der Waals surface area contributed by atoms with E-state index < -0.39 is 11.9 Å². The Labute approximate surface area is 163 Å². The van der Waals surface area contributed by atoms with E-state index in [0.29, 0.717) is 25.2 Å². The fraction of sp³-hybridized carbons (Fsp3) is 0.500. The third-order valence-corrected chi connectivity index (χ3v) is 4.72. The summed E-state index contributed by atoms with van der Waals surface area (Å²) >= 11 is 0. The van der Waals surface area contributed by atoms with Crippen molar-refractivity contribution in [3.8, 4) is 5.75 Å². The molecule has 0 fully saturated rings. The van der Waals surface area contributed by atoms with E-state index in [9.17, 15) is 14.0 Å². The second-order valence-corrected chi connectivity index (χ2v) is 6.62. The highest BCUT2D eigenvalue weighted by atomic mass is 19.1. The lowest BCUT2D eigenvalue weighted by atomic mass is 9.94. The smallest absolute Gasteiger partial charge is 0.328 e. The summed E-state index contributed by atoms with van der Waals surface area (Å²) in [7, 11) is 0. The normalized spacial score (nSPS) is 15.6. The van der Waals surface area contributed by atoms with E-state index in [1.54, 1.807) is 0 Å². The van der Waals surface area contributed by atoms with Gasteiger partial charge in [-0.25, -0.2) is 9.59 Å². The standard InChI is InChI=1S/C16H23FN2O.C4H4O4/c1-12-14-4-7-18-6-3-13(14)11-15-16(12)19(8-2-5-17)9-10-20-15;5-3(6)1-2-4(7)8/h11,18H,2-10H2,1H3;1-2H,(H,5,6)(H,7,8)/b;2-1+. The van der Waals surface area contributed by atoms with Crippen LogP contribution in [0.2, 0.25) is 0 Å². The fourth-order valence-electron chi connectivity index (χ4n) is 3.51. The molecular formula is C20H27FN2O5.